The average molecular weight is 377 g/mol. The Balaban J connectivity index is 1.83. The third-order valence-corrected chi connectivity index (χ3v) is 4.98. The number of ether oxygens (including phenoxy) is 1. The lowest BCUT2D eigenvalue weighted by atomic mass is 10.2. The van der Waals surface area contributed by atoms with E-state index in [0.29, 0.717) is 6.54 Å². The Morgan fingerprint density at radius 2 is 2.24 bits per heavy atom. The van der Waals surface area contributed by atoms with Crippen LogP contribution in [0.4, 0.5) is 4.79 Å². The molecule has 132 valence electrons. The first-order chi connectivity index (χ1) is 11.9. The van der Waals surface area contributed by atoms with Crippen molar-refractivity contribution in [1.29, 1.82) is 0 Å². The summed E-state index contributed by atoms with van der Waals surface area (Å²) in [5, 5.41) is 5.68. The van der Waals surface area contributed by atoms with E-state index in [0.717, 1.165) is 26.8 Å². The maximum Gasteiger partial charge on any atom is 0.407 e. The average Bonchev–Trinajstić information content (AvgIpc) is 3.18. The van der Waals surface area contributed by atoms with Gasteiger partial charge in [0.2, 0.25) is 0 Å². The summed E-state index contributed by atoms with van der Waals surface area (Å²) in [6, 6.07) is 2.00. The summed E-state index contributed by atoms with van der Waals surface area (Å²) in [7, 11) is 0. The van der Waals surface area contributed by atoms with E-state index in [1.54, 1.807) is 29.3 Å². The third-order valence-electron chi connectivity index (χ3n) is 3.34. The van der Waals surface area contributed by atoms with Crippen LogP contribution < -0.4 is 5.32 Å². The second kappa shape index (κ2) is 7.05. The molecule has 0 bridgehead atoms. The smallest absolute Gasteiger partial charge is 0.407 e. The highest BCUT2D eigenvalue weighted by Gasteiger charge is 2.17. The second-order valence-electron chi connectivity index (χ2n) is 6.42. The van der Waals surface area contributed by atoms with Gasteiger partial charge in [-0.05, 0) is 44.0 Å². The quantitative estimate of drug-likeness (QED) is 0.691. The van der Waals surface area contributed by atoms with Crippen molar-refractivity contribution in [3.8, 4) is 10.6 Å². The van der Waals surface area contributed by atoms with Crippen LogP contribution in [0, 0.1) is 0 Å². The molecule has 0 atom stereocenters. The largest absolute Gasteiger partial charge is 0.444 e. The molecule has 0 saturated carbocycles. The molecule has 3 heterocycles. The Bertz CT molecular complexity index is 896. The number of carbonyl (C=O) groups excluding carboxylic acids is 1. The molecule has 1 amide bonds. The van der Waals surface area contributed by atoms with E-state index < -0.39 is 11.7 Å². The number of nitrogens with zero attached hydrogens (tertiary/aromatic N) is 3. The van der Waals surface area contributed by atoms with Crippen LogP contribution in [-0.2, 0) is 11.3 Å². The molecular formula is C17H20N4O2S2. The number of imidazole rings is 1. The van der Waals surface area contributed by atoms with E-state index in [1.165, 1.54) is 0 Å². The monoisotopic (exact) mass is 376 g/mol. The molecule has 0 aliphatic carbocycles. The number of rotatable bonds is 4. The van der Waals surface area contributed by atoms with Crippen molar-refractivity contribution in [2.24, 2.45) is 0 Å². The number of aromatic nitrogens is 3. The Kier molecular flexibility index (Phi) is 5.01. The minimum atomic E-state index is -0.511. The van der Waals surface area contributed by atoms with Gasteiger partial charge >= 0.3 is 6.09 Å². The van der Waals surface area contributed by atoms with Crippen molar-refractivity contribution in [2.45, 2.75) is 37.9 Å². The molecule has 0 spiro atoms. The Hall–Kier alpha value is -2.06. The summed E-state index contributed by atoms with van der Waals surface area (Å²) < 4.78 is 7.26. The van der Waals surface area contributed by atoms with Crippen molar-refractivity contribution in [2.75, 3.05) is 6.26 Å². The van der Waals surface area contributed by atoms with Crippen LogP contribution in [0.5, 0.6) is 0 Å². The Morgan fingerprint density at radius 3 is 2.96 bits per heavy atom. The van der Waals surface area contributed by atoms with Gasteiger partial charge in [-0.2, -0.15) is 0 Å². The number of nitrogens with one attached hydrogen (secondary N) is 1. The molecule has 6 nitrogen and oxygen atoms in total. The highest BCUT2D eigenvalue weighted by Crippen LogP contribution is 2.30. The van der Waals surface area contributed by atoms with Gasteiger partial charge in [0.25, 0.3) is 0 Å². The normalized spacial score (nSPS) is 11.7. The zero-order valence-corrected chi connectivity index (χ0v) is 16.2. The van der Waals surface area contributed by atoms with E-state index in [4.69, 9.17) is 9.72 Å². The fourth-order valence-electron chi connectivity index (χ4n) is 2.33. The van der Waals surface area contributed by atoms with Gasteiger partial charge in [-0.3, -0.25) is 0 Å². The second-order valence-corrected chi connectivity index (χ2v) is 8.14. The number of thioether (sulfide) groups is 1. The van der Waals surface area contributed by atoms with Crippen LogP contribution in [0.1, 0.15) is 26.3 Å². The Morgan fingerprint density at radius 1 is 1.44 bits per heavy atom. The topological polar surface area (TPSA) is 68.5 Å². The predicted octanol–water partition coefficient (Wildman–Crippen LogP) is 4.20. The molecular weight excluding hydrogens is 356 g/mol. The number of alkyl carbamates (subject to hydrolysis) is 1. The molecule has 0 fully saturated rings. The summed E-state index contributed by atoms with van der Waals surface area (Å²) in [6.07, 6.45) is 7.20. The molecule has 8 heteroatoms. The highest BCUT2D eigenvalue weighted by molar-refractivity contribution is 7.98. The molecule has 0 aliphatic rings. The van der Waals surface area contributed by atoms with Crippen molar-refractivity contribution in [3.05, 3.63) is 35.6 Å². The summed E-state index contributed by atoms with van der Waals surface area (Å²) >= 11 is 3.17. The number of carbonyl (C=O) groups is 1. The first-order valence-corrected chi connectivity index (χ1v) is 9.89. The van der Waals surface area contributed by atoms with Crippen molar-refractivity contribution in [1.82, 2.24) is 19.7 Å². The van der Waals surface area contributed by atoms with E-state index in [-0.39, 0.29) is 0 Å². The first kappa shape index (κ1) is 17.8. The lowest BCUT2D eigenvalue weighted by molar-refractivity contribution is 0.0523. The summed E-state index contributed by atoms with van der Waals surface area (Å²) in [6.45, 7) is 5.93. The van der Waals surface area contributed by atoms with E-state index in [2.05, 4.69) is 10.3 Å². The highest BCUT2D eigenvalue weighted by atomic mass is 32.2. The molecule has 0 aliphatic heterocycles. The van der Waals surface area contributed by atoms with E-state index in [9.17, 15) is 4.79 Å². The van der Waals surface area contributed by atoms with Gasteiger partial charge in [0.05, 0.1) is 10.6 Å². The lowest BCUT2D eigenvalue weighted by Gasteiger charge is -2.19. The van der Waals surface area contributed by atoms with Gasteiger partial charge in [-0.1, -0.05) is 0 Å². The maximum atomic E-state index is 11.9. The fraction of sp³-hybridized carbons (Fsp3) is 0.353. The minimum absolute atomic E-state index is 0.395. The summed E-state index contributed by atoms with van der Waals surface area (Å²) in [5.74, 6) is 0. The van der Waals surface area contributed by atoms with Gasteiger partial charge in [-0.15, -0.1) is 23.1 Å². The molecule has 3 rings (SSSR count). The zero-order valence-electron chi connectivity index (χ0n) is 14.6. The third kappa shape index (κ3) is 4.13. The van der Waals surface area contributed by atoms with Gasteiger partial charge in [0.1, 0.15) is 10.6 Å². The van der Waals surface area contributed by atoms with E-state index >= 15 is 0 Å². The van der Waals surface area contributed by atoms with Crippen LogP contribution in [0.2, 0.25) is 0 Å². The minimum Gasteiger partial charge on any atom is -0.444 e. The van der Waals surface area contributed by atoms with Crippen LogP contribution in [-0.4, -0.2) is 32.3 Å². The molecule has 0 radical (unpaired) electrons. The van der Waals surface area contributed by atoms with Gasteiger partial charge in [0.15, 0.2) is 5.65 Å². The standard InChI is InChI=1S/C17H20N4O2S2/c1-17(2,3)23-16(22)19-9-11-5-8-25-13(11)12-10-21-7-6-18-14(21)15(20-12)24-4/h5-8,10H,9H2,1-4H3,(H,19,22). The van der Waals surface area contributed by atoms with E-state index in [1.807, 2.05) is 55.3 Å². The predicted molar refractivity (Wildman–Crippen MR) is 101 cm³/mol. The van der Waals surface area contributed by atoms with Gasteiger partial charge in [-0.25, -0.2) is 14.8 Å². The zero-order chi connectivity index (χ0) is 18.0. The molecule has 25 heavy (non-hydrogen) atoms. The number of thiophene rings is 1. The van der Waals surface area contributed by atoms with Crippen LogP contribution in [0.15, 0.2) is 35.1 Å². The van der Waals surface area contributed by atoms with Crippen molar-refractivity contribution >= 4 is 34.8 Å². The lowest BCUT2D eigenvalue weighted by Crippen LogP contribution is -2.32. The van der Waals surface area contributed by atoms with Crippen molar-refractivity contribution in [3.63, 3.8) is 0 Å². The molecule has 0 saturated heterocycles. The van der Waals surface area contributed by atoms with Crippen LogP contribution in [0.3, 0.4) is 0 Å². The van der Waals surface area contributed by atoms with Gasteiger partial charge < -0.3 is 14.5 Å². The maximum absolute atomic E-state index is 11.9. The number of amides is 1. The number of hydrogen-bond donors (Lipinski definition) is 1. The van der Waals surface area contributed by atoms with Crippen molar-refractivity contribution < 1.29 is 9.53 Å². The first-order valence-electron chi connectivity index (χ1n) is 7.78. The summed E-state index contributed by atoms with van der Waals surface area (Å²) in [4.78, 5) is 22.0. The molecule has 0 unspecified atom stereocenters. The van der Waals surface area contributed by atoms with Gasteiger partial charge in [0, 0.05) is 25.1 Å². The fourth-order valence-corrected chi connectivity index (χ4v) is 3.74. The molecule has 0 aromatic carbocycles. The Labute approximate surface area is 154 Å². The number of hydrogen-bond acceptors (Lipinski definition) is 6. The molecule has 1 N–H and O–H groups in total. The molecule has 3 aromatic rings. The van der Waals surface area contributed by atoms with Crippen LogP contribution in [0.25, 0.3) is 16.2 Å². The SMILES string of the molecule is CSc1nc(-c2sccc2CNC(=O)OC(C)(C)C)cn2ccnc12. The summed E-state index contributed by atoms with van der Waals surface area (Å²) in [5.41, 5.74) is 2.21. The molecule has 3 aromatic heterocycles. The number of fused-ring (bicyclic) bond motifs is 1. The van der Waals surface area contributed by atoms with Crippen LogP contribution >= 0.6 is 23.1 Å².